The average molecular weight is 234 g/mol. The molecule has 0 saturated carbocycles. The van der Waals surface area contributed by atoms with E-state index in [4.69, 9.17) is 10.5 Å². The lowest BCUT2D eigenvalue weighted by molar-refractivity contribution is 0.0601. The fourth-order valence-electron chi connectivity index (χ4n) is 2.21. The number of methoxy groups -OCH3 is 1. The molecule has 0 bridgehead atoms. The zero-order chi connectivity index (χ0) is 12.3. The molecule has 0 aromatic heterocycles. The maximum Gasteiger partial charge on any atom is 0.337 e. The minimum atomic E-state index is -0.290. The fourth-order valence-corrected chi connectivity index (χ4v) is 2.21. The predicted octanol–water partition coefficient (Wildman–Crippen LogP) is 1.26. The quantitative estimate of drug-likeness (QED) is 0.800. The summed E-state index contributed by atoms with van der Waals surface area (Å²) in [5, 5.41) is 0. The molecule has 1 saturated heterocycles. The Morgan fingerprint density at radius 2 is 2.41 bits per heavy atom. The Hall–Kier alpha value is -1.55. The van der Waals surface area contributed by atoms with E-state index in [1.54, 1.807) is 6.07 Å². The number of esters is 1. The molecular weight excluding hydrogens is 216 g/mol. The summed E-state index contributed by atoms with van der Waals surface area (Å²) in [6, 6.07) is 7.55. The Labute approximate surface area is 101 Å². The number of hydrogen-bond acceptors (Lipinski definition) is 4. The minimum absolute atomic E-state index is 0.290. The van der Waals surface area contributed by atoms with E-state index in [1.165, 1.54) is 7.11 Å². The van der Waals surface area contributed by atoms with Crippen LogP contribution in [0.15, 0.2) is 24.3 Å². The molecule has 1 atom stereocenters. The zero-order valence-electron chi connectivity index (χ0n) is 10.1. The molecule has 1 aliphatic heterocycles. The van der Waals surface area contributed by atoms with Crippen LogP contribution in [-0.4, -0.2) is 32.7 Å². The van der Waals surface area contributed by atoms with Crippen molar-refractivity contribution in [3.8, 4) is 0 Å². The third kappa shape index (κ3) is 2.58. The third-order valence-electron chi connectivity index (χ3n) is 3.25. The van der Waals surface area contributed by atoms with Gasteiger partial charge in [-0.1, -0.05) is 6.07 Å². The molecule has 0 spiro atoms. The second kappa shape index (κ2) is 5.19. The van der Waals surface area contributed by atoms with Gasteiger partial charge in [0.25, 0.3) is 0 Å². The summed E-state index contributed by atoms with van der Waals surface area (Å²) in [5.74, 6) is 0.276. The van der Waals surface area contributed by atoms with E-state index in [-0.39, 0.29) is 5.97 Å². The van der Waals surface area contributed by atoms with E-state index >= 15 is 0 Å². The van der Waals surface area contributed by atoms with Crippen molar-refractivity contribution in [1.82, 2.24) is 0 Å². The molecule has 4 heteroatoms. The van der Waals surface area contributed by atoms with Crippen LogP contribution in [0.1, 0.15) is 16.8 Å². The first-order chi connectivity index (χ1) is 8.24. The standard InChI is InChI=1S/C13H18N2O2/c1-17-13(16)11-3-2-4-12(7-11)15-6-5-10(8-14)9-15/h2-4,7,10H,5-6,8-9,14H2,1H3. The number of nitrogens with two attached hydrogens (primary N) is 1. The minimum Gasteiger partial charge on any atom is -0.465 e. The Bertz CT molecular complexity index is 406. The molecule has 1 aromatic carbocycles. The summed E-state index contributed by atoms with van der Waals surface area (Å²) in [4.78, 5) is 13.7. The van der Waals surface area contributed by atoms with Gasteiger partial charge in [-0.05, 0) is 37.1 Å². The van der Waals surface area contributed by atoms with Crippen molar-refractivity contribution in [2.24, 2.45) is 11.7 Å². The number of rotatable bonds is 3. The Morgan fingerprint density at radius 1 is 1.59 bits per heavy atom. The fraction of sp³-hybridized carbons (Fsp3) is 0.462. The van der Waals surface area contributed by atoms with Crippen molar-refractivity contribution in [3.63, 3.8) is 0 Å². The van der Waals surface area contributed by atoms with Crippen LogP contribution < -0.4 is 10.6 Å². The topological polar surface area (TPSA) is 55.6 Å². The Balaban J connectivity index is 2.14. The van der Waals surface area contributed by atoms with Crippen LogP contribution in [0.25, 0.3) is 0 Å². The molecule has 1 aliphatic rings. The lowest BCUT2D eigenvalue weighted by atomic mass is 10.1. The van der Waals surface area contributed by atoms with Gasteiger partial charge in [0, 0.05) is 18.8 Å². The maximum atomic E-state index is 11.4. The summed E-state index contributed by atoms with van der Waals surface area (Å²) in [7, 11) is 1.40. The van der Waals surface area contributed by atoms with E-state index in [2.05, 4.69) is 4.90 Å². The third-order valence-corrected chi connectivity index (χ3v) is 3.25. The molecule has 1 fully saturated rings. The number of benzene rings is 1. The highest BCUT2D eigenvalue weighted by molar-refractivity contribution is 5.90. The largest absolute Gasteiger partial charge is 0.465 e. The van der Waals surface area contributed by atoms with Crippen molar-refractivity contribution in [2.45, 2.75) is 6.42 Å². The van der Waals surface area contributed by atoms with Crippen molar-refractivity contribution in [1.29, 1.82) is 0 Å². The monoisotopic (exact) mass is 234 g/mol. The van der Waals surface area contributed by atoms with Gasteiger partial charge >= 0.3 is 5.97 Å². The number of nitrogens with zero attached hydrogens (tertiary/aromatic N) is 1. The first kappa shape index (κ1) is 11.9. The van der Waals surface area contributed by atoms with E-state index in [0.29, 0.717) is 11.5 Å². The van der Waals surface area contributed by atoms with E-state index in [9.17, 15) is 4.79 Å². The van der Waals surface area contributed by atoms with E-state index in [1.807, 2.05) is 18.2 Å². The van der Waals surface area contributed by atoms with Crippen LogP contribution >= 0.6 is 0 Å². The Morgan fingerprint density at radius 3 is 3.06 bits per heavy atom. The van der Waals surface area contributed by atoms with Gasteiger partial charge in [0.2, 0.25) is 0 Å². The number of carbonyl (C=O) groups excluding carboxylic acids is 1. The second-order valence-electron chi connectivity index (χ2n) is 4.38. The van der Waals surface area contributed by atoms with E-state index in [0.717, 1.165) is 31.7 Å². The van der Waals surface area contributed by atoms with Crippen LogP contribution in [0.5, 0.6) is 0 Å². The summed E-state index contributed by atoms with van der Waals surface area (Å²) < 4.78 is 4.72. The molecule has 0 radical (unpaired) electrons. The van der Waals surface area contributed by atoms with Gasteiger partial charge in [-0.25, -0.2) is 4.79 Å². The van der Waals surface area contributed by atoms with Crippen molar-refractivity contribution < 1.29 is 9.53 Å². The Kier molecular flexibility index (Phi) is 3.64. The first-order valence-electron chi connectivity index (χ1n) is 5.88. The van der Waals surface area contributed by atoms with Crippen LogP contribution in [0, 0.1) is 5.92 Å². The highest BCUT2D eigenvalue weighted by atomic mass is 16.5. The molecule has 1 heterocycles. The molecule has 1 aromatic rings. The zero-order valence-corrected chi connectivity index (χ0v) is 10.1. The highest BCUT2D eigenvalue weighted by Gasteiger charge is 2.21. The average Bonchev–Trinajstić information content (AvgIpc) is 2.86. The first-order valence-corrected chi connectivity index (χ1v) is 5.88. The van der Waals surface area contributed by atoms with Gasteiger partial charge in [0.05, 0.1) is 12.7 Å². The molecule has 2 N–H and O–H groups in total. The van der Waals surface area contributed by atoms with Gasteiger partial charge in [-0.15, -0.1) is 0 Å². The van der Waals surface area contributed by atoms with Crippen LogP contribution in [0.4, 0.5) is 5.69 Å². The van der Waals surface area contributed by atoms with Crippen molar-refractivity contribution >= 4 is 11.7 Å². The molecule has 0 aliphatic carbocycles. The number of ether oxygens (including phenoxy) is 1. The van der Waals surface area contributed by atoms with Gasteiger partial charge in [0.15, 0.2) is 0 Å². The molecule has 4 nitrogen and oxygen atoms in total. The summed E-state index contributed by atoms with van der Waals surface area (Å²) in [5.41, 5.74) is 7.34. The van der Waals surface area contributed by atoms with Crippen LogP contribution in [0.2, 0.25) is 0 Å². The van der Waals surface area contributed by atoms with Crippen LogP contribution in [0.3, 0.4) is 0 Å². The normalized spacial score (nSPS) is 19.4. The maximum absolute atomic E-state index is 11.4. The molecule has 92 valence electrons. The smallest absolute Gasteiger partial charge is 0.337 e. The molecule has 17 heavy (non-hydrogen) atoms. The van der Waals surface area contributed by atoms with Gasteiger partial charge < -0.3 is 15.4 Å². The molecular formula is C13H18N2O2. The lowest BCUT2D eigenvalue weighted by Crippen LogP contribution is -2.22. The predicted molar refractivity (Wildman–Crippen MR) is 67.2 cm³/mol. The summed E-state index contributed by atoms with van der Waals surface area (Å²) in [6.45, 7) is 2.71. The number of carbonyl (C=O) groups is 1. The van der Waals surface area contributed by atoms with Gasteiger partial charge in [-0.3, -0.25) is 0 Å². The highest BCUT2D eigenvalue weighted by Crippen LogP contribution is 2.24. The lowest BCUT2D eigenvalue weighted by Gasteiger charge is -2.19. The second-order valence-corrected chi connectivity index (χ2v) is 4.38. The number of hydrogen-bond donors (Lipinski definition) is 1. The molecule has 1 unspecified atom stereocenters. The SMILES string of the molecule is COC(=O)c1cccc(N2CCC(CN)C2)c1. The van der Waals surface area contributed by atoms with Crippen LogP contribution in [-0.2, 0) is 4.74 Å². The molecule has 2 rings (SSSR count). The number of anilines is 1. The van der Waals surface area contributed by atoms with Gasteiger partial charge in [-0.2, -0.15) is 0 Å². The van der Waals surface area contributed by atoms with Crippen molar-refractivity contribution in [3.05, 3.63) is 29.8 Å². The van der Waals surface area contributed by atoms with Crippen molar-refractivity contribution in [2.75, 3.05) is 31.6 Å². The summed E-state index contributed by atoms with van der Waals surface area (Å²) in [6.07, 6.45) is 1.12. The van der Waals surface area contributed by atoms with Gasteiger partial charge in [0.1, 0.15) is 0 Å². The van der Waals surface area contributed by atoms with E-state index < -0.39 is 0 Å². The summed E-state index contributed by atoms with van der Waals surface area (Å²) >= 11 is 0. The molecule has 0 amide bonds.